The quantitative estimate of drug-likeness (QED) is 0.773. The van der Waals surface area contributed by atoms with E-state index in [1.54, 1.807) is 18.2 Å². The van der Waals surface area contributed by atoms with Gasteiger partial charge in [-0.2, -0.15) is 0 Å². The van der Waals surface area contributed by atoms with Gasteiger partial charge in [-0.05, 0) is 50.0 Å². The molecule has 1 heterocycles. The van der Waals surface area contributed by atoms with Crippen molar-refractivity contribution in [2.75, 3.05) is 25.9 Å². The fourth-order valence-corrected chi connectivity index (χ4v) is 4.65. The number of amides is 1. The van der Waals surface area contributed by atoms with Crippen molar-refractivity contribution < 1.29 is 13.2 Å². The highest BCUT2D eigenvalue weighted by atomic mass is 35.5. The third kappa shape index (κ3) is 4.76. The maximum atomic E-state index is 12.5. The summed E-state index contributed by atoms with van der Waals surface area (Å²) < 4.78 is 23.0. The minimum absolute atomic E-state index is 0. The molecule has 1 aliphatic heterocycles. The molecule has 0 saturated carbocycles. The maximum Gasteiger partial charge on any atom is 0.241 e. The van der Waals surface area contributed by atoms with Gasteiger partial charge < -0.3 is 10.6 Å². The molecular formula is C15H21Cl3N2O3S. The Morgan fingerprint density at radius 1 is 1.29 bits per heavy atom. The van der Waals surface area contributed by atoms with Crippen molar-refractivity contribution in [2.24, 2.45) is 0 Å². The monoisotopic (exact) mass is 414 g/mol. The number of piperidine rings is 1. The molecule has 136 valence electrons. The van der Waals surface area contributed by atoms with Crippen molar-refractivity contribution in [1.29, 1.82) is 0 Å². The lowest BCUT2D eigenvalue weighted by molar-refractivity contribution is -0.124. The molecule has 1 amide bonds. The van der Waals surface area contributed by atoms with E-state index in [2.05, 4.69) is 10.6 Å². The standard InChI is InChI=1S/C15H20Cl2N2O3S.ClH/c1-23(21,22)15(5-8-18-9-6-15)14(20)19-7-4-11-2-3-12(16)10-13(11)17;/h2-3,10,18H,4-9H2,1H3,(H,19,20);1H. The molecule has 0 aromatic heterocycles. The molecule has 1 saturated heterocycles. The molecule has 1 aromatic rings. The molecule has 2 N–H and O–H groups in total. The lowest BCUT2D eigenvalue weighted by Gasteiger charge is -2.34. The predicted octanol–water partition coefficient (Wildman–Crippen LogP) is 2.24. The van der Waals surface area contributed by atoms with E-state index in [4.69, 9.17) is 23.2 Å². The van der Waals surface area contributed by atoms with Crippen molar-refractivity contribution in [3.63, 3.8) is 0 Å². The molecule has 1 aromatic carbocycles. The van der Waals surface area contributed by atoms with Gasteiger partial charge in [-0.25, -0.2) is 8.42 Å². The van der Waals surface area contributed by atoms with Crippen LogP contribution >= 0.6 is 35.6 Å². The highest BCUT2D eigenvalue weighted by Crippen LogP contribution is 2.28. The van der Waals surface area contributed by atoms with Crippen LogP contribution in [0.3, 0.4) is 0 Å². The molecule has 24 heavy (non-hydrogen) atoms. The van der Waals surface area contributed by atoms with E-state index in [1.807, 2.05) is 0 Å². The Morgan fingerprint density at radius 3 is 2.46 bits per heavy atom. The van der Waals surface area contributed by atoms with Crippen LogP contribution in [0.15, 0.2) is 18.2 Å². The Kier molecular flexibility index (Phi) is 7.81. The van der Waals surface area contributed by atoms with Crippen LogP contribution in [0.2, 0.25) is 10.0 Å². The number of hydrogen-bond acceptors (Lipinski definition) is 4. The fraction of sp³-hybridized carbons (Fsp3) is 0.533. The fourth-order valence-electron chi connectivity index (χ4n) is 2.79. The van der Waals surface area contributed by atoms with Gasteiger partial charge in [0.15, 0.2) is 14.6 Å². The second kappa shape index (κ2) is 8.72. The first-order valence-corrected chi connectivity index (χ1v) is 10.0. The minimum atomic E-state index is -3.49. The number of benzene rings is 1. The van der Waals surface area contributed by atoms with Crippen LogP contribution in [0.4, 0.5) is 0 Å². The van der Waals surface area contributed by atoms with Crippen molar-refractivity contribution in [1.82, 2.24) is 10.6 Å². The summed E-state index contributed by atoms with van der Waals surface area (Å²) in [5, 5.41) is 6.92. The number of halogens is 3. The topological polar surface area (TPSA) is 75.3 Å². The third-order valence-corrected chi connectivity index (χ3v) is 6.83. The molecule has 2 rings (SSSR count). The molecule has 0 spiro atoms. The Labute approximate surface area is 158 Å². The molecule has 1 aliphatic rings. The maximum absolute atomic E-state index is 12.5. The van der Waals surface area contributed by atoms with Gasteiger partial charge in [0.2, 0.25) is 5.91 Å². The van der Waals surface area contributed by atoms with Crippen LogP contribution in [0, 0.1) is 0 Å². The zero-order valence-corrected chi connectivity index (χ0v) is 16.4. The largest absolute Gasteiger partial charge is 0.354 e. The number of nitrogens with one attached hydrogen (secondary N) is 2. The highest BCUT2D eigenvalue weighted by molar-refractivity contribution is 7.92. The molecule has 0 bridgehead atoms. The summed E-state index contributed by atoms with van der Waals surface area (Å²) in [5.74, 6) is -0.424. The second-order valence-electron chi connectivity index (χ2n) is 5.76. The summed E-state index contributed by atoms with van der Waals surface area (Å²) in [5.41, 5.74) is 0.857. The molecule has 5 nitrogen and oxygen atoms in total. The van der Waals surface area contributed by atoms with Crippen LogP contribution in [0.1, 0.15) is 18.4 Å². The zero-order chi connectivity index (χ0) is 17.1. The Bertz CT molecular complexity index is 689. The molecule has 0 radical (unpaired) electrons. The molecular weight excluding hydrogens is 395 g/mol. The Hall–Kier alpha value is -0.530. The zero-order valence-electron chi connectivity index (χ0n) is 13.3. The summed E-state index contributed by atoms with van der Waals surface area (Å²) >= 11 is 11.9. The van der Waals surface area contributed by atoms with E-state index < -0.39 is 20.5 Å². The number of hydrogen-bond donors (Lipinski definition) is 2. The predicted molar refractivity (Wildman–Crippen MR) is 100 cm³/mol. The van der Waals surface area contributed by atoms with E-state index in [0.29, 0.717) is 48.9 Å². The smallest absolute Gasteiger partial charge is 0.241 e. The number of rotatable bonds is 5. The highest BCUT2D eigenvalue weighted by Gasteiger charge is 2.48. The van der Waals surface area contributed by atoms with Gasteiger partial charge >= 0.3 is 0 Å². The number of carbonyl (C=O) groups is 1. The lowest BCUT2D eigenvalue weighted by atomic mass is 9.95. The summed E-state index contributed by atoms with van der Waals surface area (Å²) in [4.78, 5) is 12.5. The minimum Gasteiger partial charge on any atom is -0.354 e. The van der Waals surface area contributed by atoms with E-state index in [-0.39, 0.29) is 12.4 Å². The van der Waals surface area contributed by atoms with Gasteiger partial charge in [0, 0.05) is 22.8 Å². The molecule has 0 aliphatic carbocycles. The van der Waals surface area contributed by atoms with Crippen LogP contribution in [-0.4, -0.2) is 45.0 Å². The number of sulfone groups is 1. The average Bonchev–Trinajstić information content (AvgIpc) is 2.49. The number of carbonyl (C=O) groups excluding carboxylic acids is 1. The van der Waals surface area contributed by atoms with E-state index in [0.717, 1.165) is 11.8 Å². The van der Waals surface area contributed by atoms with E-state index in [9.17, 15) is 13.2 Å². The van der Waals surface area contributed by atoms with E-state index in [1.165, 1.54) is 0 Å². The molecule has 9 heteroatoms. The van der Waals surface area contributed by atoms with Crippen LogP contribution in [0.25, 0.3) is 0 Å². The average molecular weight is 416 g/mol. The second-order valence-corrected chi connectivity index (χ2v) is 8.93. The Balaban J connectivity index is 0.00000288. The van der Waals surface area contributed by atoms with Gasteiger partial charge in [-0.15, -0.1) is 12.4 Å². The SMILES string of the molecule is CS(=O)(=O)C1(C(=O)NCCc2ccc(Cl)cc2Cl)CCNCC1.Cl. The first-order chi connectivity index (χ1) is 10.8. The third-order valence-electron chi connectivity index (χ3n) is 4.23. The molecule has 1 fully saturated rings. The first-order valence-electron chi connectivity index (χ1n) is 7.39. The van der Waals surface area contributed by atoms with Crippen molar-refractivity contribution >= 4 is 51.4 Å². The summed E-state index contributed by atoms with van der Waals surface area (Å²) in [6, 6.07) is 5.17. The normalized spacial score (nSPS) is 17.0. The van der Waals surface area contributed by atoms with Gasteiger partial charge in [0.1, 0.15) is 0 Å². The van der Waals surface area contributed by atoms with Crippen molar-refractivity contribution in [3.05, 3.63) is 33.8 Å². The van der Waals surface area contributed by atoms with Crippen molar-refractivity contribution in [3.8, 4) is 0 Å². The summed E-state index contributed by atoms with van der Waals surface area (Å²) in [6.45, 7) is 1.36. The van der Waals surface area contributed by atoms with Gasteiger partial charge in [-0.1, -0.05) is 29.3 Å². The molecule has 0 unspecified atom stereocenters. The van der Waals surface area contributed by atoms with Crippen LogP contribution in [-0.2, 0) is 21.1 Å². The van der Waals surface area contributed by atoms with E-state index >= 15 is 0 Å². The molecule has 0 atom stereocenters. The van der Waals surface area contributed by atoms with Crippen molar-refractivity contribution in [2.45, 2.75) is 24.0 Å². The van der Waals surface area contributed by atoms with Gasteiger partial charge in [-0.3, -0.25) is 4.79 Å². The summed E-state index contributed by atoms with van der Waals surface area (Å²) in [6.07, 6.45) is 2.23. The Morgan fingerprint density at radius 2 is 1.92 bits per heavy atom. The van der Waals surface area contributed by atoms with Gasteiger partial charge in [0.25, 0.3) is 0 Å². The lowest BCUT2D eigenvalue weighted by Crippen LogP contribution is -2.57. The van der Waals surface area contributed by atoms with Gasteiger partial charge in [0.05, 0.1) is 0 Å². The first kappa shape index (κ1) is 21.5. The van der Waals surface area contributed by atoms with Crippen LogP contribution < -0.4 is 10.6 Å². The van der Waals surface area contributed by atoms with Crippen LogP contribution in [0.5, 0.6) is 0 Å². The summed E-state index contributed by atoms with van der Waals surface area (Å²) in [7, 11) is -3.49.